The van der Waals surface area contributed by atoms with E-state index in [1.54, 1.807) is 24.3 Å². The molecule has 2 aromatic heterocycles. The molecule has 1 atom stereocenters. The Kier molecular flexibility index (Phi) is 21.6. The van der Waals surface area contributed by atoms with Crippen LogP contribution in [0.25, 0.3) is 21.9 Å². The lowest BCUT2D eigenvalue weighted by Crippen LogP contribution is -2.41. The molecular formula is C61H72N11O17S3+. The summed E-state index contributed by atoms with van der Waals surface area (Å²) in [4.78, 5) is 78.5. The van der Waals surface area contributed by atoms with Crippen LogP contribution in [-0.2, 0) is 66.8 Å². The van der Waals surface area contributed by atoms with Gasteiger partial charge in [0.25, 0.3) is 47.7 Å². The van der Waals surface area contributed by atoms with Gasteiger partial charge in [0, 0.05) is 89.2 Å². The number of nitrogens with zero attached hydrogens (tertiary/aromatic N) is 5. The van der Waals surface area contributed by atoms with Crippen molar-refractivity contribution in [3.63, 3.8) is 0 Å². The summed E-state index contributed by atoms with van der Waals surface area (Å²) in [5.41, 5.74) is 9.79. The Balaban J connectivity index is 0.782. The highest BCUT2D eigenvalue weighted by Crippen LogP contribution is 2.52. The van der Waals surface area contributed by atoms with Crippen LogP contribution in [0.15, 0.2) is 124 Å². The Labute approximate surface area is 530 Å². The molecule has 2 aliphatic rings. The van der Waals surface area contributed by atoms with Crippen LogP contribution in [0.1, 0.15) is 97.8 Å². The number of carboxylic acids is 1. The quantitative estimate of drug-likeness (QED) is 0.0123. The Bertz CT molecular complexity index is 4400. The second-order valence-electron chi connectivity index (χ2n) is 22.6. The van der Waals surface area contributed by atoms with E-state index in [-0.39, 0.29) is 105 Å². The molecule has 3 amide bonds. The van der Waals surface area contributed by atoms with E-state index in [1.165, 1.54) is 30.5 Å². The SMILES string of the molecule is CCN1\C(=C/C=C/C=C/C2=[N+](CCCCS(=O)(=O)O)c3ccc(C(=O)NCCOCCOCCNC(=O)CC[C@@H](NC(=O)c4ccc(NCc5cnc6nc(N)[nH]c(=O)c6n5)cc4)C(=O)O)cc3C2(C)C)C(C)(C)c2c1ccc1c(S(=O)(=O)O)cc(S(=O)(=O)O)cc21. The second kappa shape index (κ2) is 28.8. The average molecular weight is 1330 g/mol. The lowest BCUT2D eigenvalue weighted by atomic mass is 9.80. The van der Waals surface area contributed by atoms with Crippen LogP contribution in [0.2, 0.25) is 0 Å². The van der Waals surface area contributed by atoms with Gasteiger partial charge in [-0.1, -0.05) is 38.1 Å². The number of hydrogen-bond acceptors (Lipinski definition) is 19. The predicted molar refractivity (Wildman–Crippen MR) is 342 cm³/mol. The van der Waals surface area contributed by atoms with Crippen molar-refractivity contribution < 1.29 is 77.2 Å². The molecule has 8 rings (SSSR count). The number of anilines is 3. The number of ether oxygens (including phenoxy) is 2. The molecule has 0 aliphatic carbocycles. The normalized spacial score (nSPS) is 15.3. The molecule has 28 nitrogen and oxygen atoms in total. The van der Waals surface area contributed by atoms with E-state index < -0.39 is 86.1 Å². The highest BCUT2D eigenvalue weighted by Gasteiger charge is 2.45. The van der Waals surface area contributed by atoms with Crippen LogP contribution in [0.5, 0.6) is 0 Å². The fraction of sp³-hybridized carbons (Fsp3) is 0.361. The second-order valence-corrected chi connectivity index (χ2v) is 27.0. The Morgan fingerprint density at radius 2 is 1.49 bits per heavy atom. The highest BCUT2D eigenvalue weighted by molar-refractivity contribution is 7.87. The van der Waals surface area contributed by atoms with Crippen molar-refractivity contribution in [3.05, 3.63) is 147 Å². The lowest BCUT2D eigenvalue weighted by Gasteiger charge is -2.26. The average Bonchev–Trinajstić information content (AvgIpc) is 1.52. The zero-order chi connectivity index (χ0) is 66.9. The fourth-order valence-corrected chi connectivity index (χ4v) is 13.0. The topological polar surface area (TPSA) is 422 Å². The van der Waals surface area contributed by atoms with Crippen LogP contribution < -0.4 is 37.5 Å². The summed E-state index contributed by atoms with van der Waals surface area (Å²) in [5.74, 6) is -3.26. The van der Waals surface area contributed by atoms with E-state index in [1.807, 2.05) is 82.0 Å². The molecule has 0 unspecified atom stereocenters. The Morgan fingerprint density at radius 3 is 2.15 bits per heavy atom. The maximum absolute atomic E-state index is 13.5. The summed E-state index contributed by atoms with van der Waals surface area (Å²) < 4.78 is 116. The molecule has 11 N–H and O–H groups in total. The maximum Gasteiger partial charge on any atom is 0.326 e. The first-order valence-electron chi connectivity index (χ1n) is 29.1. The van der Waals surface area contributed by atoms with Crippen LogP contribution in [0.4, 0.5) is 23.0 Å². The predicted octanol–water partition coefficient (Wildman–Crippen LogP) is 4.95. The van der Waals surface area contributed by atoms with E-state index in [9.17, 15) is 68.0 Å². The monoisotopic (exact) mass is 1330 g/mol. The van der Waals surface area contributed by atoms with Crippen molar-refractivity contribution in [2.75, 3.05) is 74.3 Å². The maximum atomic E-state index is 13.5. The third-order valence-corrected chi connectivity index (χ3v) is 18.1. The number of allylic oxidation sites excluding steroid dienone is 6. The number of likely N-dealkylation sites (N-methyl/N-ethyl adjacent to an activating group) is 1. The first-order valence-corrected chi connectivity index (χ1v) is 33.6. The van der Waals surface area contributed by atoms with Gasteiger partial charge < -0.3 is 46.5 Å². The van der Waals surface area contributed by atoms with Gasteiger partial charge >= 0.3 is 5.97 Å². The largest absolute Gasteiger partial charge is 0.480 e. The number of nitrogens with two attached hydrogens (primary N) is 1. The minimum Gasteiger partial charge on any atom is -0.480 e. The molecule has 31 heteroatoms. The molecular weight excluding hydrogens is 1250 g/mol. The summed E-state index contributed by atoms with van der Waals surface area (Å²) in [6.45, 7) is 11.7. The van der Waals surface area contributed by atoms with E-state index in [2.05, 4.69) is 45.8 Å². The number of nitrogen functional groups attached to an aromatic ring is 1. The summed E-state index contributed by atoms with van der Waals surface area (Å²) in [6, 6.07) is 15.3. The summed E-state index contributed by atoms with van der Waals surface area (Å²) in [6.07, 6.45) is 11.0. The number of amides is 3. The van der Waals surface area contributed by atoms with Crippen LogP contribution in [-0.4, -0.2) is 162 Å². The molecule has 0 saturated heterocycles. The van der Waals surface area contributed by atoms with Gasteiger partial charge in [0.05, 0.1) is 60.9 Å². The number of nitrogens with one attached hydrogen (secondary N) is 5. The number of aliphatic carboxylic acids is 1. The minimum atomic E-state index is -4.92. The molecule has 6 aromatic rings. The molecule has 0 fully saturated rings. The van der Waals surface area contributed by atoms with Gasteiger partial charge in [-0.15, -0.1) is 0 Å². The number of hydrogen-bond donors (Lipinski definition) is 10. The molecule has 92 heavy (non-hydrogen) atoms. The van der Waals surface area contributed by atoms with Crippen LogP contribution in [0.3, 0.4) is 0 Å². The third kappa shape index (κ3) is 16.6. The number of carbonyl (C=O) groups excluding carboxylic acids is 3. The summed E-state index contributed by atoms with van der Waals surface area (Å²) in [7, 11) is -14.0. The van der Waals surface area contributed by atoms with E-state index >= 15 is 0 Å². The first kappa shape index (κ1) is 69.1. The molecule has 0 spiro atoms. The van der Waals surface area contributed by atoms with E-state index in [0.717, 1.165) is 28.7 Å². The van der Waals surface area contributed by atoms with Gasteiger partial charge in [0.1, 0.15) is 17.5 Å². The van der Waals surface area contributed by atoms with Crippen molar-refractivity contribution >= 4 is 105 Å². The smallest absolute Gasteiger partial charge is 0.326 e. The van der Waals surface area contributed by atoms with Crippen molar-refractivity contribution in [3.8, 4) is 0 Å². The zero-order valence-corrected chi connectivity index (χ0v) is 53.4. The number of aromatic amines is 1. The highest BCUT2D eigenvalue weighted by atomic mass is 32.2. The number of carboxylic acid groups (broad SMARTS) is 1. The molecule has 0 radical (unpaired) electrons. The number of carbonyl (C=O) groups is 4. The number of rotatable bonds is 30. The van der Waals surface area contributed by atoms with Crippen LogP contribution >= 0.6 is 0 Å². The number of unbranched alkanes of at least 4 members (excludes halogenated alkanes) is 1. The Morgan fingerprint density at radius 1 is 0.793 bits per heavy atom. The van der Waals surface area contributed by atoms with Crippen molar-refractivity contribution in [2.24, 2.45) is 0 Å². The lowest BCUT2D eigenvalue weighted by molar-refractivity contribution is -0.438. The van der Waals surface area contributed by atoms with Crippen molar-refractivity contribution in [1.82, 2.24) is 35.9 Å². The number of H-pyrrole nitrogens is 1. The zero-order valence-electron chi connectivity index (χ0n) is 50.9. The van der Waals surface area contributed by atoms with Gasteiger partial charge in [-0.2, -0.15) is 34.8 Å². The standard InChI is InChI=1S/C61H71N11O17S3/c1-6-71-47-22-19-42-43(33-41(91(82,83)84)34-48(42)92(85,86)87)52(47)61(4,5)50(71)13-9-7-8-12-49-60(2,3)44-32-38(16-21-46(44)72(49)26-10-11-31-90(79,80)81)55(74)64-25-28-89-30-29-88-27-24-63-51(73)23-20-45(58(77)78)68-56(75)37-14-17-39(18-15-37)65-35-40-36-66-54-53(67-40)57(76)70-59(62)69-54/h7-9,12-19,21-22,32-34,36,45H,6,10-11,20,23-31,35H2,1-5H3,(H10-,62,63,64,65,66,68,69,70,73,74,75,76,77,78,79,80,81,82,83,84,85,86,87)/p+1/t45-/m1/s1. The number of benzene rings is 4. The van der Waals surface area contributed by atoms with E-state index in [0.29, 0.717) is 47.7 Å². The van der Waals surface area contributed by atoms with Gasteiger partial charge in [0.15, 0.2) is 16.9 Å². The van der Waals surface area contributed by atoms with Crippen molar-refractivity contribution in [1.29, 1.82) is 0 Å². The summed E-state index contributed by atoms with van der Waals surface area (Å²) >= 11 is 0. The molecule has 490 valence electrons. The first-order chi connectivity index (χ1) is 43.4. The molecule has 4 heterocycles. The Hall–Kier alpha value is -8.82. The molecule has 4 aromatic carbocycles. The molecule has 2 aliphatic heterocycles. The van der Waals surface area contributed by atoms with Gasteiger partial charge in [-0.05, 0) is 105 Å². The third-order valence-electron chi connectivity index (χ3n) is 15.5. The van der Waals surface area contributed by atoms with Crippen LogP contribution in [0, 0.1) is 0 Å². The van der Waals surface area contributed by atoms with E-state index in [4.69, 9.17) is 15.2 Å². The van der Waals surface area contributed by atoms with Gasteiger partial charge in [0.2, 0.25) is 17.5 Å². The van der Waals surface area contributed by atoms with Crippen molar-refractivity contribution in [2.45, 2.75) is 93.5 Å². The minimum absolute atomic E-state index is 0.0265. The van der Waals surface area contributed by atoms with Gasteiger partial charge in [-0.25, -0.2) is 14.8 Å². The number of aromatic nitrogens is 4. The fourth-order valence-electron chi connectivity index (χ4n) is 11.1. The summed E-state index contributed by atoms with van der Waals surface area (Å²) in [5, 5.41) is 21.1. The molecule has 0 bridgehead atoms. The molecule has 0 saturated carbocycles. The van der Waals surface area contributed by atoms with Gasteiger partial charge in [-0.3, -0.25) is 37.8 Å². The number of fused-ring (bicyclic) bond motifs is 5.